The number of nitrogens with zero attached hydrogens (tertiary/aromatic N) is 4. The highest BCUT2D eigenvalue weighted by Gasteiger charge is 2.55. The fourth-order valence-electron chi connectivity index (χ4n) is 3.29. The molecular weight excluding hydrogens is 396 g/mol. The van der Waals surface area contributed by atoms with Crippen molar-refractivity contribution in [2.75, 3.05) is 0 Å². The van der Waals surface area contributed by atoms with Crippen molar-refractivity contribution in [3.63, 3.8) is 0 Å². The molecule has 3 heterocycles. The average Bonchev–Trinajstić information content (AvgIpc) is 3.24. The first-order chi connectivity index (χ1) is 14.1. The number of halogens is 1. The molecule has 0 aliphatic heterocycles. The summed E-state index contributed by atoms with van der Waals surface area (Å²) in [6, 6.07) is 10.8. The number of hydrogen-bond acceptors (Lipinski definition) is 6. The third-order valence-corrected chi connectivity index (χ3v) is 5.48. The Hall–Kier alpha value is -3.46. The molecule has 1 aliphatic rings. The zero-order valence-electron chi connectivity index (χ0n) is 15.1. The van der Waals surface area contributed by atoms with Crippen LogP contribution in [-0.4, -0.2) is 30.6 Å². The Morgan fingerprint density at radius 3 is 2.90 bits per heavy atom. The lowest BCUT2D eigenvalue weighted by Gasteiger charge is -2.12. The molecule has 29 heavy (non-hydrogen) atoms. The minimum atomic E-state index is -0.806. The van der Waals surface area contributed by atoms with E-state index < -0.39 is 5.41 Å². The number of aromatic amines is 1. The predicted molar refractivity (Wildman–Crippen MR) is 103 cm³/mol. The molecule has 1 fully saturated rings. The van der Waals surface area contributed by atoms with Crippen LogP contribution in [0.4, 0.5) is 0 Å². The van der Waals surface area contributed by atoms with Crippen LogP contribution >= 0.6 is 11.6 Å². The van der Waals surface area contributed by atoms with Crippen molar-refractivity contribution in [2.45, 2.75) is 24.8 Å². The summed E-state index contributed by atoms with van der Waals surface area (Å²) < 4.78 is 6.74. The van der Waals surface area contributed by atoms with Crippen molar-refractivity contribution >= 4 is 23.2 Å². The van der Waals surface area contributed by atoms with Gasteiger partial charge >= 0.3 is 5.69 Å². The van der Waals surface area contributed by atoms with E-state index in [9.17, 15) is 9.59 Å². The Bertz CT molecular complexity index is 1290. The summed E-state index contributed by atoms with van der Waals surface area (Å²) in [5.74, 6) is 0.359. The molecule has 0 bridgehead atoms. The maximum atomic E-state index is 12.8. The molecule has 1 aliphatic carbocycles. The third-order valence-electron chi connectivity index (χ3n) is 5.11. The van der Waals surface area contributed by atoms with Gasteiger partial charge in [0.1, 0.15) is 5.41 Å². The second-order valence-corrected chi connectivity index (χ2v) is 7.33. The first kappa shape index (κ1) is 17.6. The number of fused-ring (bicyclic) bond motifs is 1. The van der Waals surface area contributed by atoms with Gasteiger partial charge in [0.05, 0.1) is 5.56 Å². The van der Waals surface area contributed by atoms with Crippen molar-refractivity contribution < 1.29 is 9.32 Å². The molecule has 2 N–H and O–H groups in total. The summed E-state index contributed by atoms with van der Waals surface area (Å²) in [4.78, 5) is 29.0. The lowest BCUT2D eigenvalue weighted by atomic mass is 10.1. The van der Waals surface area contributed by atoms with Gasteiger partial charge in [-0.2, -0.15) is 10.1 Å². The molecule has 0 unspecified atom stereocenters. The lowest BCUT2D eigenvalue weighted by molar-refractivity contribution is -0.124. The Balaban J connectivity index is 1.40. The molecule has 5 rings (SSSR count). The number of amides is 1. The highest BCUT2D eigenvalue weighted by molar-refractivity contribution is 6.31. The standard InChI is InChI=1S/C19H15ClN6O3/c20-13-6-2-1-4-11(13)10-21-17(27)19(7-8-19)16-22-15(29-25-16)12-5-3-9-26-14(12)23-24-18(26)28/h1-6,9H,7-8,10H2,(H,21,27)(H,24,28). The Labute approximate surface area is 168 Å². The van der Waals surface area contributed by atoms with Crippen LogP contribution in [0.2, 0.25) is 5.02 Å². The van der Waals surface area contributed by atoms with Crippen molar-refractivity contribution in [3.05, 3.63) is 69.5 Å². The quantitative estimate of drug-likeness (QED) is 0.520. The fourth-order valence-corrected chi connectivity index (χ4v) is 3.49. The maximum Gasteiger partial charge on any atom is 0.347 e. The molecule has 1 aromatic carbocycles. The first-order valence-electron chi connectivity index (χ1n) is 9.00. The number of rotatable bonds is 5. The molecule has 0 atom stereocenters. The number of pyridine rings is 1. The highest BCUT2D eigenvalue weighted by Crippen LogP contribution is 2.47. The van der Waals surface area contributed by atoms with E-state index in [-0.39, 0.29) is 17.5 Å². The Morgan fingerprint density at radius 2 is 2.10 bits per heavy atom. The molecule has 9 nitrogen and oxygen atoms in total. The Morgan fingerprint density at radius 1 is 1.28 bits per heavy atom. The number of carbonyl (C=O) groups is 1. The largest absolute Gasteiger partial charge is 0.351 e. The van der Waals surface area contributed by atoms with Crippen LogP contribution in [0, 0.1) is 0 Å². The van der Waals surface area contributed by atoms with Gasteiger partial charge in [-0.05, 0) is 36.6 Å². The van der Waals surface area contributed by atoms with E-state index in [1.165, 1.54) is 4.40 Å². The van der Waals surface area contributed by atoms with Gasteiger partial charge in [-0.15, -0.1) is 0 Å². The van der Waals surface area contributed by atoms with E-state index in [1.54, 1.807) is 24.4 Å². The normalized spacial score (nSPS) is 14.8. The van der Waals surface area contributed by atoms with Gasteiger partial charge in [-0.3, -0.25) is 4.79 Å². The summed E-state index contributed by atoms with van der Waals surface area (Å²) in [6.45, 7) is 0.320. The van der Waals surface area contributed by atoms with E-state index in [4.69, 9.17) is 16.1 Å². The van der Waals surface area contributed by atoms with E-state index >= 15 is 0 Å². The zero-order chi connectivity index (χ0) is 20.0. The minimum absolute atomic E-state index is 0.168. The Kier molecular flexibility index (Phi) is 3.99. The molecule has 10 heteroatoms. The first-order valence-corrected chi connectivity index (χ1v) is 9.38. The summed E-state index contributed by atoms with van der Waals surface area (Å²) in [7, 11) is 0. The number of carbonyl (C=O) groups excluding carboxylic acids is 1. The molecule has 4 aromatic rings. The molecule has 0 saturated heterocycles. The van der Waals surface area contributed by atoms with Gasteiger partial charge < -0.3 is 9.84 Å². The van der Waals surface area contributed by atoms with E-state index in [2.05, 4.69) is 25.7 Å². The maximum absolute atomic E-state index is 12.8. The third kappa shape index (κ3) is 2.90. The van der Waals surface area contributed by atoms with Crippen LogP contribution in [-0.2, 0) is 16.8 Å². The van der Waals surface area contributed by atoms with Gasteiger partial charge in [0.15, 0.2) is 11.5 Å². The topological polar surface area (TPSA) is 118 Å². The monoisotopic (exact) mass is 410 g/mol. The van der Waals surface area contributed by atoms with Gasteiger partial charge in [0, 0.05) is 17.8 Å². The average molecular weight is 411 g/mol. The summed E-state index contributed by atoms with van der Waals surface area (Å²) in [5, 5.41) is 13.9. The van der Waals surface area contributed by atoms with Crippen molar-refractivity contribution in [3.8, 4) is 11.5 Å². The smallest absolute Gasteiger partial charge is 0.347 e. The minimum Gasteiger partial charge on any atom is -0.351 e. The lowest BCUT2D eigenvalue weighted by Crippen LogP contribution is -2.35. The molecule has 3 aromatic heterocycles. The number of hydrogen-bond donors (Lipinski definition) is 2. The summed E-state index contributed by atoms with van der Waals surface area (Å²) in [6.07, 6.45) is 2.85. The molecule has 146 valence electrons. The van der Waals surface area contributed by atoms with Gasteiger partial charge in [-0.1, -0.05) is 35.0 Å². The van der Waals surface area contributed by atoms with Crippen LogP contribution in [0.5, 0.6) is 0 Å². The summed E-state index contributed by atoms with van der Waals surface area (Å²) >= 11 is 6.15. The number of nitrogens with one attached hydrogen (secondary N) is 2. The van der Waals surface area contributed by atoms with Crippen molar-refractivity contribution in [2.24, 2.45) is 0 Å². The van der Waals surface area contributed by atoms with E-state index in [1.807, 2.05) is 18.2 Å². The van der Waals surface area contributed by atoms with Crippen molar-refractivity contribution in [1.29, 1.82) is 0 Å². The fraction of sp³-hybridized carbons (Fsp3) is 0.211. The molecule has 1 saturated carbocycles. The number of H-pyrrole nitrogens is 1. The molecule has 0 spiro atoms. The van der Waals surface area contributed by atoms with Gasteiger partial charge in [0.2, 0.25) is 5.91 Å². The zero-order valence-corrected chi connectivity index (χ0v) is 15.8. The second kappa shape index (κ2) is 6.56. The van der Waals surface area contributed by atoms with Gasteiger partial charge in [-0.25, -0.2) is 14.3 Å². The SMILES string of the molecule is O=C(NCc1ccccc1Cl)C1(c2noc(-c3cccn4c(=O)[nH]nc34)n2)CC1. The van der Waals surface area contributed by atoms with Crippen LogP contribution < -0.4 is 11.0 Å². The number of benzene rings is 1. The molecule has 1 amide bonds. The summed E-state index contributed by atoms with van der Waals surface area (Å²) in [5.41, 5.74) is 0.554. The van der Waals surface area contributed by atoms with Crippen molar-refractivity contribution in [1.82, 2.24) is 30.1 Å². The number of aromatic nitrogens is 5. The van der Waals surface area contributed by atoms with E-state index in [0.29, 0.717) is 41.4 Å². The van der Waals surface area contributed by atoms with E-state index in [0.717, 1.165) is 5.56 Å². The van der Waals surface area contributed by atoms with Crippen LogP contribution in [0.25, 0.3) is 17.1 Å². The predicted octanol–water partition coefficient (Wildman–Crippen LogP) is 2.07. The van der Waals surface area contributed by atoms with Gasteiger partial charge in [0.25, 0.3) is 5.89 Å². The second-order valence-electron chi connectivity index (χ2n) is 6.92. The van der Waals surface area contributed by atoms with Crippen LogP contribution in [0.1, 0.15) is 24.2 Å². The molecular formula is C19H15ClN6O3. The van der Waals surface area contributed by atoms with Crippen LogP contribution in [0.3, 0.4) is 0 Å². The highest BCUT2D eigenvalue weighted by atomic mass is 35.5. The molecule has 0 radical (unpaired) electrons. The van der Waals surface area contributed by atoms with Crippen LogP contribution in [0.15, 0.2) is 51.9 Å².